The molecule has 122 valence electrons. The van der Waals surface area contributed by atoms with E-state index < -0.39 is 17.8 Å². The molecule has 1 saturated carbocycles. The van der Waals surface area contributed by atoms with Crippen molar-refractivity contribution in [3.63, 3.8) is 0 Å². The first-order chi connectivity index (χ1) is 10.9. The highest BCUT2D eigenvalue weighted by molar-refractivity contribution is 9.10. The first-order valence-electron chi connectivity index (χ1n) is 7.27. The zero-order chi connectivity index (χ0) is 16.7. The fourth-order valence-corrected chi connectivity index (χ4v) is 3.24. The van der Waals surface area contributed by atoms with E-state index >= 15 is 0 Å². The summed E-state index contributed by atoms with van der Waals surface area (Å²) in [4.78, 5) is 26.3. The number of nitrogens with one attached hydrogen (secondary N) is 1. The van der Waals surface area contributed by atoms with Gasteiger partial charge in [-0.15, -0.1) is 0 Å². The molecular formula is C16H16BrFN2O3. The van der Waals surface area contributed by atoms with Gasteiger partial charge in [-0.25, -0.2) is 14.0 Å². The SMILES string of the molecule is COC(=O)C1=C(C)N(C2CC2)C(=O)N[C@@H]1c1ccc(F)c(Br)c1. The molecule has 0 unspecified atom stereocenters. The Balaban J connectivity index is 2.08. The van der Waals surface area contributed by atoms with Crippen molar-refractivity contribution in [1.29, 1.82) is 0 Å². The van der Waals surface area contributed by atoms with Crippen molar-refractivity contribution in [2.75, 3.05) is 7.11 Å². The predicted molar refractivity (Wildman–Crippen MR) is 84.9 cm³/mol. The molecule has 1 N–H and O–H groups in total. The van der Waals surface area contributed by atoms with Gasteiger partial charge in [0, 0.05) is 11.7 Å². The third-order valence-electron chi connectivity index (χ3n) is 4.12. The van der Waals surface area contributed by atoms with E-state index in [1.807, 2.05) is 0 Å². The van der Waals surface area contributed by atoms with Crippen molar-refractivity contribution < 1.29 is 18.7 Å². The number of rotatable bonds is 3. The number of benzene rings is 1. The third kappa shape index (κ3) is 2.85. The Morgan fingerprint density at radius 2 is 2.13 bits per heavy atom. The molecule has 1 aliphatic carbocycles. The average molecular weight is 383 g/mol. The molecule has 1 heterocycles. The van der Waals surface area contributed by atoms with E-state index in [1.165, 1.54) is 13.2 Å². The molecule has 1 aromatic rings. The highest BCUT2D eigenvalue weighted by Gasteiger charge is 2.42. The summed E-state index contributed by atoms with van der Waals surface area (Å²) in [6.45, 7) is 1.74. The fourth-order valence-electron chi connectivity index (χ4n) is 2.85. The summed E-state index contributed by atoms with van der Waals surface area (Å²) >= 11 is 3.13. The number of hydrogen-bond donors (Lipinski definition) is 1. The van der Waals surface area contributed by atoms with Crippen LogP contribution in [0.5, 0.6) is 0 Å². The first kappa shape index (κ1) is 16.0. The lowest BCUT2D eigenvalue weighted by Crippen LogP contribution is -2.48. The number of allylic oxidation sites excluding steroid dienone is 1. The second kappa shape index (κ2) is 5.96. The van der Waals surface area contributed by atoms with Gasteiger partial charge in [0.15, 0.2) is 0 Å². The molecular weight excluding hydrogens is 367 g/mol. The smallest absolute Gasteiger partial charge is 0.337 e. The van der Waals surface area contributed by atoms with E-state index in [0.29, 0.717) is 16.8 Å². The van der Waals surface area contributed by atoms with Crippen LogP contribution in [0.25, 0.3) is 0 Å². The molecule has 23 heavy (non-hydrogen) atoms. The zero-order valence-corrected chi connectivity index (χ0v) is 14.3. The maximum atomic E-state index is 13.5. The predicted octanol–water partition coefficient (Wildman–Crippen LogP) is 3.26. The number of esters is 1. The second-order valence-electron chi connectivity index (χ2n) is 5.65. The summed E-state index contributed by atoms with van der Waals surface area (Å²) in [6, 6.07) is 3.63. The quantitative estimate of drug-likeness (QED) is 0.816. The van der Waals surface area contributed by atoms with Crippen LogP contribution >= 0.6 is 15.9 Å². The molecule has 0 aromatic heterocycles. The van der Waals surface area contributed by atoms with E-state index in [1.54, 1.807) is 24.0 Å². The van der Waals surface area contributed by atoms with Gasteiger partial charge in [-0.3, -0.25) is 4.90 Å². The summed E-state index contributed by atoms with van der Waals surface area (Å²) in [5.41, 5.74) is 1.58. The Hall–Kier alpha value is -1.89. The maximum Gasteiger partial charge on any atom is 0.337 e. The van der Waals surface area contributed by atoms with Gasteiger partial charge in [-0.2, -0.15) is 0 Å². The van der Waals surface area contributed by atoms with Crippen molar-refractivity contribution in [1.82, 2.24) is 10.2 Å². The number of amides is 2. The molecule has 3 rings (SSSR count). The number of hydrogen-bond acceptors (Lipinski definition) is 3. The van der Waals surface area contributed by atoms with Crippen LogP contribution in [0.2, 0.25) is 0 Å². The minimum Gasteiger partial charge on any atom is -0.466 e. The maximum absolute atomic E-state index is 13.5. The van der Waals surface area contributed by atoms with Crippen LogP contribution < -0.4 is 5.32 Å². The summed E-state index contributed by atoms with van der Waals surface area (Å²) < 4.78 is 18.6. The molecule has 0 radical (unpaired) electrons. The van der Waals surface area contributed by atoms with E-state index in [-0.39, 0.29) is 16.5 Å². The topological polar surface area (TPSA) is 58.6 Å². The normalized spacial score (nSPS) is 21.3. The van der Waals surface area contributed by atoms with Gasteiger partial charge in [-0.1, -0.05) is 6.07 Å². The van der Waals surface area contributed by atoms with Crippen LogP contribution in [-0.4, -0.2) is 30.1 Å². The Labute approximate surface area is 141 Å². The molecule has 1 atom stereocenters. The molecule has 7 heteroatoms. The van der Waals surface area contributed by atoms with Gasteiger partial charge >= 0.3 is 12.0 Å². The number of carbonyl (C=O) groups excluding carboxylic acids is 2. The van der Waals surface area contributed by atoms with Crippen molar-refractivity contribution in [3.05, 3.63) is 45.3 Å². The van der Waals surface area contributed by atoms with Crippen LogP contribution in [0.4, 0.5) is 9.18 Å². The lowest BCUT2D eigenvalue weighted by Gasteiger charge is -2.35. The lowest BCUT2D eigenvalue weighted by atomic mass is 9.95. The van der Waals surface area contributed by atoms with Crippen molar-refractivity contribution in [2.45, 2.75) is 31.8 Å². The molecule has 1 aliphatic heterocycles. The lowest BCUT2D eigenvalue weighted by molar-refractivity contribution is -0.136. The summed E-state index contributed by atoms with van der Waals surface area (Å²) in [5, 5.41) is 2.83. The molecule has 0 bridgehead atoms. The van der Waals surface area contributed by atoms with E-state index in [0.717, 1.165) is 12.8 Å². The monoisotopic (exact) mass is 382 g/mol. The molecule has 1 aromatic carbocycles. The van der Waals surface area contributed by atoms with Crippen molar-refractivity contribution in [2.24, 2.45) is 0 Å². The fraction of sp³-hybridized carbons (Fsp3) is 0.375. The standard InChI is InChI=1S/C16H16BrFN2O3/c1-8-13(15(21)23-2)14(9-3-6-12(18)11(17)7-9)19-16(22)20(8)10-4-5-10/h3,6-7,10,14H,4-5H2,1-2H3,(H,19,22)/t14-/m1/s1. The minimum absolute atomic E-state index is 0.135. The Morgan fingerprint density at radius 1 is 1.43 bits per heavy atom. The van der Waals surface area contributed by atoms with Gasteiger partial charge in [0.1, 0.15) is 5.82 Å². The zero-order valence-electron chi connectivity index (χ0n) is 12.7. The molecule has 1 fully saturated rings. The number of urea groups is 1. The molecule has 0 saturated heterocycles. The molecule has 0 spiro atoms. The van der Waals surface area contributed by atoms with Crippen LogP contribution in [0.15, 0.2) is 33.9 Å². The minimum atomic E-state index is -0.665. The molecule has 2 aliphatic rings. The van der Waals surface area contributed by atoms with Crippen molar-refractivity contribution >= 4 is 27.9 Å². The van der Waals surface area contributed by atoms with Crippen LogP contribution in [0, 0.1) is 5.82 Å². The summed E-state index contributed by atoms with van der Waals surface area (Å²) in [5.74, 6) is -0.908. The van der Waals surface area contributed by atoms with E-state index in [2.05, 4.69) is 21.2 Å². The van der Waals surface area contributed by atoms with E-state index in [9.17, 15) is 14.0 Å². The third-order valence-corrected chi connectivity index (χ3v) is 4.73. The average Bonchev–Trinajstić information content (AvgIpc) is 3.33. The summed E-state index contributed by atoms with van der Waals surface area (Å²) in [6.07, 6.45) is 1.85. The number of methoxy groups -OCH3 is 1. The first-order valence-corrected chi connectivity index (χ1v) is 8.07. The second-order valence-corrected chi connectivity index (χ2v) is 6.50. The highest BCUT2D eigenvalue weighted by atomic mass is 79.9. The van der Waals surface area contributed by atoms with Crippen LogP contribution in [0.3, 0.4) is 0 Å². The van der Waals surface area contributed by atoms with Crippen LogP contribution in [0.1, 0.15) is 31.4 Å². The number of ether oxygens (including phenoxy) is 1. The number of halogens is 2. The Bertz CT molecular complexity index is 715. The number of carbonyl (C=O) groups is 2. The van der Waals surface area contributed by atoms with Gasteiger partial charge < -0.3 is 10.1 Å². The Morgan fingerprint density at radius 3 is 2.70 bits per heavy atom. The largest absolute Gasteiger partial charge is 0.466 e. The molecule has 5 nitrogen and oxygen atoms in total. The van der Waals surface area contributed by atoms with Gasteiger partial charge in [-0.05, 0) is 53.4 Å². The highest BCUT2D eigenvalue weighted by Crippen LogP contribution is 2.38. The van der Waals surface area contributed by atoms with Gasteiger partial charge in [0.05, 0.1) is 23.2 Å². The van der Waals surface area contributed by atoms with Crippen molar-refractivity contribution in [3.8, 4) is 0 Å². The summed E-state index contributed by atoms with van der Waals surface area (Å²) in [7, 11) is 1.30. The Kier molecular flexibility index (Phi) is 4.14. The van der Waals surface area contributed by atoms with E-state index in [4.69, 9.17) is 4.74 Å². The molecule has 2 amide bonds. The number of nitrogens with zero attached hydrogens (tertiary/aromatic N) is 1. The van der Waals surface area contributed by atoms with Gasteiger partial charge in [0.25, 0.3) is 0 Å². The van der Waals surface area contributed by atoms with Crippen LogP contribution in [-0.2, 0) is 9.53 Å². The van der Waals surface area contributed by atoms with Gasteiger partial charge in [0.2, 0.25) is 0 Å².